The molecule has 186 valence electrons. The lowest BCUT2D eigenvalue weighted by Crippen LogP contribution is -2.55. The third-order valence-corrected chi connectivity index (χ3v) is 6.74. The fraction of sp³-hybridized carbons (Fsp3) is 0.444. The summed E-state index contributed by atoms with van der Waals surface area (Å²) in [5.41, 5.74) is 4.38. The van der Waals surface area contributed by atoms with Crippen LogP contribution >= 0.6 is 0 Å². The van der Waals surface area contributed by atoms with E-state index in [4.69, 9.17) is 9.47 Å². The molecule has 0 radical (unpaired) electrons. The average molecular weight is 481 g/mol. The fourth-order valence-electron chi connectivity index (χ4n) is 5.08. The van der Waals surface area contributed by atoms with Crippen LogP contribution in [0.5, 0.6) is 0 Å². The van der Waals surface area contributed by atoms with Crippen molar-refractivity contribution < 1.29 is 29.0 Å². The van der Waals surface area contributed by atoms with Gasteiger partial charge in [-0.1, -0.05) is 48.5 Å². The van der Waals surface area contributed by atoms with E-state index in [1.54, 1.807) is 4.90 Å². The van der Waals surface area contributed by atoms with Gasteiger partial charge >= 0.3 is 12.1 Å². The number of benzene rings is 2. The van der Waals surface area contributed by atoms with E-state index in [-0.39, 0.29) is 18.6 Å². The van der Waals surface area contributed by atoms with Crippen molar-refractivity contribution in [3.63, 3.8) is 0 Å². The van der Waals surface area contributed by atoms with Gasteiger partial charge in [0.05, 0.1) is 19.1 Å². The van der Waals surface area contributed by atoms with Crippen LogP contribution in [0.15, 0.2) is 48.5 Å². The number of aliphatic carboxylic acids is 1. The van der Waals surface area contributed by atoms with Gasteiger partial charge in [-0.15, -0.1) is 0 Å². The molecule has 2 aromatic carbocycles. The molecule has 0 bridgehead atoms. The summed E-state index contributed by atoms with van der Waals surface area (Å²) < 4.78 is 11.1. The molecular weight excluding hydrogens is 448 g/mol. The summed E-state index contributed by atoms with van der Waals surface area (Å²) in [5, 5.41) is 11.9. The summed E-state index contributed by atoms with van der Waals surface area (Å²) in [7, 11) is 0. The minimum absolute atomic E-state index is 0.0878. The number of piperidine rings is 1. The van der Waals surface area contributed by atoms with Crippen molar-refractivity contribution in [2.24, 2.45) is 0 Å². The summed E-state index contributed by atoms with van der Waals surface area (Å²) in [6, 6.07) is 14.7. The van der Waals surface area contributed by atoms with Crippen molar-refractivity contribution in [1.29, 1.82) is 0 Å². The van der Waals surface area contributed by atoms with Crippen LogP contribution in [-0.2, 0) is 19.1 Å². The predicted octanol–water partition coefficient (Wildman–Crippen LogP) is 3.79. The second-order valence-corrected chi connectivity index (χ2v) is 8.96. The minimum atomic E-state index is -1.20. The molecule has 1 saturated heterocycles. The van der Waals surface area contributed by atoms with E-state index in [9.17, 15) is 19.5 Å². The number of hydrogen-bond acceptors (Lipinski definition) is 5. The molecular formula is C27H32N2O6. The van der Waals surface area contributed by atoms with E-state index in [0.717, 1.165) is 41.5 Å². The second-order valence-electron chi connectivity index (χ2n) is 8.96. The first-order chi connectivity index (χ1) is 17.0. The Labute approximate surface area is 205 Å². The molecule has 2 atom stereocenters. The SMILES string of the molecule is CCOCC1CCCCN1C(=O)C(CC(=O)O)NC(=O)OCC1c2ccccc2-c2ccccc21. The van der Waals surface area contributed by atoms with Crippen LogP contribution in [-0.4, -0.2) is 66.4 Å². The van der Waals surface area contributed by atoms with Crippen LogP contribution in [0.4, 0.5) is 4.79 Å². The van der Waals surface area contributed by atoms with Crippen LogP contribution in [0.1, 0.15) is 49.7 Å². The van der Waals surface area contributed by atoms with Gasteiger partial charge in [0.2, 0.25) is 5.91 Å². The van der Waals surface area contributed by atoms with E-state index < -0.39 is 30.4 Å². The maximum Gasteiger partial charge on any atom is 0.407 e. The normalized spacial score (nSPS) is 17.9. The Morgan fingerprint density at radius 2 is 1.69 bits per heavy atom. The quantitative estimate of drug-likeness (QED) is 0.566. The van der Waals surface area contributed by atoms with Gasteiger partial charge in [0, 0.05) is 19.1 Å². The van der Waals surface area contributed by atoms with Gasteiger partial charge in [-0.25, -0.2) is 4.79 Å². The predicted molar refractivity (Wildman–Crippen MR) is 130 cm³/mol. The molecule has 2 amide bonds. The van der Waals surface area contributed by atoms with Crippen molar-refractivity contribution in [3.05, 3.63) is 59.7 Å². The zero-order valence-corrected chi connectivity index (χ0v) is 19.9. The highest BCUT2D eigenvalue weighted by Gasteiger charge is 2.35. The van der Waals surface area contributed by atoms with Gasteiger partial charge in [0.1, 0.15) is 12.6 Å². The second kappa shape index (κ2) is 11.4. The summed E-state index contributed by atoms with van der Waals surface area (Å²) in [5.74, 6) is -1.70. The molecule has 1 aliphatic carbocycles. The zero-order valence-electron chi connectivity index (χ0n) is 19.9. The highest BCUT2D eigenvalue weighted by molar-refractivity contribution is 5.89. The molecule has 8 nitrogen and oxygen atoms in total. The number of rotatable bonds is 9. The molecule has 8 heteroatoms. The Balaban J connectivity index is 1.43. The summed E-state index contributed by atoms with van der Waals surface area (Å²) in [4.78, 5) is 39.1. The first kappa shape index (κ1) is 24.7. The van der Waals surface area contributed by atoms with Gasteiger partial charge in [-0.05, 0) is 48.4 Å². The number of carboxylic acids is 1. The highest BCUT2D eigenvalue weighted by Crippen LogP contribution is 2.44. The van der Waals surface area contributed by atoms with Gasteiger partial charge < -0.3 is 24.8 Å². The van der Waals surface area contributed by atoms with E-state index >= 15 is 0 Å². The van der Waals surface area contributed by atoms with E-state index in [1.807, 2.05) is 55.5 Å². The van der Waals surface area contributed by atoms with Crippen LogP contribution in [0.25, 0.3) is 11.1 Å². The number of nitrogens with zero attached hydrogens (tertiary/aromatic N) is 1. The number of fused-ring (bicyclic) bond motifs is 3. The monoisotopic (exact) mass is 480 g/mol. The molecule has 1 heterocycles. The Morgan fingerprint density at radius 1 is 1.03 bits per heavy atom. The van der Waals surface area contributed by atoms with Gasteiger partial charge in [0.15, 0.2) is 0 Å². The molecule has 35 heavy (non-hydrogen) atoms. The van der Waals surface area contributed by atoms with E-state index in [2.05, 4.69) is 5.32 Å². The van der Waals surface area contributed by atoms with Crippen LogP contribution in [0.2, 0.25) is 0 Å². The van der Waals surface area contributed by atoms with Crippen LogP contribution in [0.3, 0.4) is 0 Å². The summed E-state index contributed by atoms with van der Waals surface area (Å²) in [6.45, 7) is 3.42. The molecule has 1 fully saturated rings. The number of carboxylic acid groups (broad SMARTS) is 1. The maximum atomic E-state index is 13.3. The number of carbonyl (C=O) groups excluding carboxylic acids is 2. The molecule has 0 spiro atoms. The largest absolute Gasteiger partial charge is 0.481 e. The first-order valence-corrected chi connectivity index (χ1v) is 12.2. The topological polar surface area (TPSA) is 105 Å². The molecule has 0 saturated carbocycles. The first-order valence-electron chi connectivity index (χ1n) is 12.2. The Morgan fingerprint density at radius 3 is 2.31 bits per heavy atom. The number of likely N-dealkylation sites (tertiary alicyclic amines) is 1. The minimum Gasteiger partial charge on any atom is -0.481 e. The van der Waals surface area contributed by atoms with Crippen molar-refractivity contribution >= 4 is 18.0 Å². The van der Waals surface area contributed by atoms with Gasteiger partial charge in [-0.3, -0.25) is 9.59 Å². The highest BCUT2D eigenvalue weighted by atomic mass is 16.5. The number of amides is 2. The van der Waals surface area contributed by atoms with Gasteiger partial charge in [0.25, 0.3) is 0 Å². The van der Waals surface area contributed by atoms with Crippen LogP contribution in [0, 0.1) is 0 Å². The lowest BCUT2D eigenvalue weighted by atomic mass is 9.98. The van der Waals surface area contributed by atoms with E-state index in [0.29, 0.717) is 19.8 Å². The van der Waals surface area contributed by atoms with Crippen molar-refractivity contribution in [2.45, 2.75) is 50.6 Å². The van der Waals surface area contributed by atoms with Crippen LogP contribution < -0.4 is 5.32 Å². The molecule has 4 rings (SSSR count). The standard InChI is InChI=1S/C27H32N2O6/c1-2-34-16-18-9-7-8-14-29(18)26(32)24(15-25(30)31)28-27(33)35-17-23-21-12-5-3-10-19(21)20-11-4-6-13-22(20)23/h3-6,10-13,18,23-24H,2,7-9,14-17H2,1H3,(H,28,33)(H,30,31). The number of hydrogen-bond donors (Lipinski definition) is 2. The molecule has 2 aromatic rings. The lowest BCUT2D eigenvalue weighted by molar-refractivity contribution is -0.145. The van der Waals surface area contributed by atoms with Crippen molar-refractivity contribution in [2.75, 3.05) is 26.4 Å². The summed E-state index contributed by atoms with van der Waals surface area (Å²) >= 11 is 0. The van der Waals surface area contributed by atoms with Crippen molar-refractivity contribution in [1.82, 2.24) is 10.2 Å². The zero-order chi connectivity index (χ0) is 24.8. The molecule has 1 aliphatic heterocycles. The summed E-state index contributed by atoms with van der Waals surface area (Å²) in [6.07, 6.45) is 1.28. The third kappa shape index (κ3) is 5.65. The molecule has 0 aromatic heterocycles. The Bertz CT molecular complexity index is 1030. The average Bonchev–Trinajstić information content (AvgIpc) is 3.19. The number of ether oxygens (including phenoxy) is 2. The van der Waals surface area contributed by atoms with Crippen molar-refractivity contribution in [3.8, 4) is 11.1 Å². The Kier molecular flexibility index (Phi) is 8.02. The van der Waals surface area contributed by atoms with Gasteiger partial charge in [-0.2, -0.15) is 0 Å². The molecule has 2 aliphatic rings. The number of carbonyl (C=O) groups is 3. The maximum absolute atomic E-state index is 13.3. The Hall–Kier alpha value is -3.39. The smallest absolute Gasteiger partial charge is 0.407 e. The van der Waals surface area contributed by atoms with E-state index in [1.165, 1.54) is 0 Å². The fourth-order valence-corrected chi connectivity index (χ4v) is 5.08. The number of nitrogens with one attached hydrogen (secondary N) is 1. The lowest BCUT2D eigenvalue weighted by Gasteiger charge is -2.37. The third-order valence-electron chi connectivity index (χ3n) is 6.74. The number of alkyl carbamates (subject to hydrolysis) is 1. The molecule has 2 N–H and O–H groups in total. The molecule has 2 unspecified atom stereocenters.